The van der Waals surface area contributed by atoms with E-state index in [2.05, 4.69) is 21.5 Å². The van der Waals surface area contributed by atoms with Crippen LogP contribution in [-0.4, -0.2) is 29.2 Å². The lowest BCUT2D eigenvalue weighted by Gasteiger charge is -2.37. The van der Waals surface area contributed by atoms with Gasteiger partial charge in [0, 0.05) is 32.2 Å². The zero-order valence-corrected chi connectivity index (χ0v) is 11.4. The van der Waals surface area contributed by atoms with Crippen molar-refractivity contribution in [3.63, 3.8) is 0 Å². The lowest BCUT2D eigenvalue weighted by Crippen LogP contribution is -2.47. The second-order valence-corrected chi connectivity index (χ2v) is 5.60. The molecule has 6 heteroatoms. The van der Waals surface area contributed by atoms with Crippen LogP contribution in [0.4, 0.5) is 0 Å². The third-order valence-corrected chi connectivity index (χ3v) is 4.19. The second kappa shape index (κ2) is 5.61. The van der Waals surface area contributed by atoms with Gasteiger partial charge in [0.25, 0.3) is 0 Å². The van der Waals surface area contributed by atoms with Gasteiger partial charge in [-0.1, -0.05) is 6.42 Å². The fraction of sp³-hybridized carbons (Fsp3) is 0.714. The largest absolute Gasteiger partial charge is 0.481 e. The highest BCUT2D eigenvalue weighted by Crippen LogP contribution is 2.41. The van der Waals surface area contributed by atoms with Crippen molar-refractivity contribution >= 4 is 11.9 Å². The molecular formula is C14H19N3O3. The van der Waals surface area contributed by atoms with Gasteiger partial charge in [0.1, 0.15) is 0 Å². The molecule has 0 saturated heterocycles. The first-order chi connectivity index (χ1) is 9.52. The molecule has 6 nitrogen and oxygen atoms in total. The van der Waals surface area contributed by atoms with Gasteiger partial charge < -0.3 is 10.4 Å². The average molecular weight is 277 g/mol. The molecule has 2 aliphatic rings. The third-order valence-electron chi connectivity index (χ3n) is 4.19. The van der Waals surface area contributed by atoms with Gasteiger partial charge in [-0.3, -0.25) is 9.59 Å². The number of terminal acetylenes is 1. The Bertz CT molecular complexity index is 469. The molecule has 20 heavy (non-hydrogen) atoms. The van der Waals surface area contributed by atoms with Crippen LogP contribution in [-0.2, 0) is 9.59 Å². The normalized spacial score (nSPS) is 20.6. The molecule has 0 spiro atoms. The third kappa shape index (κ3) is 3.16. The summed E-state index contributed by atoms with van der Waals surface area (Å²) < 4.78 is 0. The van der Waals surface area contributed by atoms with Gasteiger partial charge in [0.15, 0.2) is 5.66 Å². The van der Waals surface area contributed by atoms with Crippen LogP contribution in [0.1, 0.15) is 44.9 Å². The molecule has 0 bridgehead atoms. The van der Waals surface area contributed by atoms with Crippen molar-refractivity contribution in [1.29, 1.82) is 0 Å². The zero-order chi connectivity index (χ0) is 14.6. The lowest BCUT2D eigenvalue weighted by molar-refractivity contribution is -0.154. The number of rotatable bonds is 8. The molecule has 0 aromatic heterocycles. The number of carbonyl (C=O) groups excluding carboxylic acids is 1. The standard InChI is InChI=1S/C14H19N3O3/c1-2-3-8-14(16-17-14)9-5-11(18)15-10-13(12(19)20)6-4-7-13/h1H,3-10H2,(H,15,18)(H,19,20). The molecule has 1 amide bonds. The summed E-state index contributed by atoms with van der Waals surface area (Å²) in [5, 5.41) is 19.8. The number of aliphatic carboxylic acids is 1. The Morgan fingerprint density at radius 3 is 2.45 bits per heavy atom. The van der Waals surface area contributed by atoms with Gasteiger partial charge in [-0.15, -0.1) is 12.3 Å². The quantitative estimate of drug-likeness (QED) is 0.662. The molecule has 0 unspecified atom stereocenters. The first-order valence-corrected chi connectivity index (χ1v) is 6.90. The minimum atomic E-state index is -0.818. The highest BCUT2D eigenvalue weighted by atomic mass is 16.4. The predicted octanol–water partition coefficient (Wildman–Crippen LogP) is 1.71. The first kappa shape index (κ1) is 14.5. The number of carboxylic acids is 1. The monoisotopic (exact) mass is 277 g/mol. The maximum atomic E-state index is 11.8. The van der Waals surface area contributed by atoms with Gasteiger partial charge in [0.2, 0.25) is 5.91 Å². The molecule has 0 aromatic rings. The van der Waals surface area contributed by atoms with Crippen LogP contribution in [0.5, 0.6) is 0 Å². The van der Waals surface area contributed by atoms with E-state index in [9.17, 15) is 9.59 Å². The topological polar surface area (TPSA) is 91.1 Å². The van der Waals surface area contributed by atoms with Gasteiger partial charge >= 0.3 is 5.97 Å². The smallest absolute Gasteiger partial charge is 0.311 e. The van der Waals surface area contributed by atoms with Crippen molar-refractivity contribution in [2.45, 2.75) is 50.6 Å². The number of hydrogen-bond donors (Lipinski definition) is 2. The maximum absolute atomic E-state index is 11.8. The number of hydrogen-bond acceptors (Lipinski definition) is 4. The number of nitrogens with one attached hydrogen (secondary N) is 1. The lowest BCUT2D eigenvalue weighted by atomic mass is 9.69. The minimum absolute atomic E-state index is 0.144. The van der Waals surface area contributed by atoms with Crippen LogP contribution in [0.25, 0.3) is 0 Å². The highest BCUT2D eigenvalue weighted by molar-refractivity contribution is 5.79. The summed E-state index contributed by atoms with van der Waals surface area (Å²) in [5.41, 5.74) is -1.20. The summed E-state index contributed by atoms with van der Waals surface area (Å²) in [6, 6.07) is 0. The van der Waals surface area contributed by atoms with Crippen LogP contribution < -0.4 is 5.32 Å². The maximum Gasteiger partial charge on any atom is 0.311 e. The number of carbonyl (C=O) groups is 2. The minimum Gasteiger partial charge on any atom is -0.481 e. The Balaban J connectivity index is 1.69. The van der Waals surface area contributed by atoms with E-state index in [4.69, 9.17) is 11.5 Å². The van der Waals surface area contributed by atoms with Gasteiger partial charge in [0.05, 0.1) is 5.41 Å². The number of nitrogens with zero attached hydrogens (tertiary/aromatic N) is 2. The Morgan fingerprint density at radius 2 is 2.00 bits per heavy atom. The van der Waals surface area contributed by atoms with Crippen molar-refractivity contribution in [1.82, 2.24) is 5.32 Å². The highest BCUT2D eigenvalue weighted by Gasteiger charge is 2.44. The molecule has 1 fully saturated rings. The molecule has 1 aliphatic heterocycles. The zero-order valence-electron chi connectivity index (χ0n) is 11.4. The van der Waals surface area contributed by atoms with E-state index in [-0.39, 0.29) is 12.5 Å². The predicted molar refractivity (Wildman–Crippen MR) is 71.8 cm³/mol. The molecule has 0 atom stereocenters. The molecular weight excluding hydrogens is 258 g/mol. The van der Waals surface area contributed by atoms with Crippen LogP contribution in [0.3, 0.4) is 0 Å². The van der Waals surface area contributed by atoms with Crippen LogP contribution in [0, 0.1) is 17.8 Å². The number of amides is 1. The molecule has 1 heterocycles. The SMILES string of the molecule is C#CCCC1(CCC(=O)NCC2(C(=O)O)CCC2)N=N1. The van der Waals surface area contributed by atoms with Gasteiger partial charge in [-0.2, -0.15) is 10.2 Å². The fourth-order valence-corrected chi connectivity index (χ4v) is 2.41. The Hall–Kier alpha value is -1.90. The molecule has 108 valence electrons. The van der Waals surface area contributed by atoms with Gasteiger partial charge in [-0.05, 0) is 12.8 Å². The van der Waals surface area contributed by atoms with Crippen LogP contribution >= 0.6 is 0 Å². The molecule has 2 N–H and O–H groups in total. The summed E-state index contributed by atoms with van der Waals surface area (Å²) in [5.74, 6) is 1.58. The summed E-state index contributed by atoms with van der Waals surface area (Å²) in [4.78, 5) is 22.9. The summed E-state index contributed by atoms with van der Waals surface area (Å²) in [6.07, 6.45) is 9.50. The molecule has 1 aliphatic carbocycles. The van der Waals surface area contributed by atoms with E-state index in [1.54, 1.807) is 0 Å². The second-order valence-electron chi connectivity index (χ2n) is 5.60. The van der Waals surface area contributed by atoms with Crippen LogP contribution in [0.15, 0.2) is 10.2 Å². The first-order valence-electron chi connectivity index (χ1n) is 6.90. The van der Waals surface area contributed by atoms with Crippen molar-refractivity contribution in [2.75, 3.05) is 6.54 Å². The van der Waals surface area contributed by atoms with Crippen molar-refractivity contribution < 1.29 is 14.7 Å². The molecule has 0 radical (unpaired) electrons. The van der Waals surface area contributed by atoms with Crippen molar-refractivity contribution in [2.24, 2.45) is 15.6 Å². The van der Waals surface area contributed by atoms with Gasteiger partial charge in [-0.25, -0.2) is 0 Å². The van der Waals surface area contributed by atoms with E-state index >= 15 is 0 Å². The van der Waals surface area contributed by atoms with E-state index in [0.29, 0.717) is 38.5 Å². The number of carboxylic acid groups (broad SMARTS) is 1. The molecule has 0 aromatic carbocycles. The average Bonchev–Trinajstić information content (AvgIpc) is 3.13. The Morgan fingerprint density at radius 1 is 1.30 bits per heavy atom. The Labute approximate surface area is 118 Å². The van der Waals surface area contributed by atoms with E-state index in [1.165, 1.54) is 0 Å². The summed E-state index contributed by atoms with van der Waals surface area (Å²) in [6.45, 7) is 0.215. The van der Waals surface area contributed by atoms with E-state index in [0.717, 1.165) is 6.42 Å². The fourth-order valence-electron chi connectivity index (χ4n) is 2.41. The summed E-state index contributed by atoms with van der Waals surface area (Å²) >= 11 is 0. The van der Waals surface area contributed by atoms with E-state index in [1.807, 2.05) is 0 Å². The molecule has 2 rings (SSSR count). The Kier molecular flexibility index (Phi) is 4.07. The molecule has 1 saturated carbocycles. The van der Waals surface area contributed by atoms with Crippen molar-refractivity contribution in [3.05, 3.63) is 0 Å². The summed E-state index contributed by atoms with van der Waals surface area (Å²) in [7, 11) is 0. The van der Waals surface area contributed by atoms with Crippen molar-refractivity contribution in [3.8, 4) is 12.3 Å². The van der Waals surface area contributed by atoms with E-state index < -0.39 is 17.0 Å². The van der Waals surface area contributed by atoms with Crippen LogP contribution in [0.2, 0.25) is 0 Å².